The lowest BCUT2D eigenvalue weighted by Crippen LogP contribution is -2.31. The van der Waals surface area contributed by atoms with E-state index in [4.69, 9.17) is 9.15 Å². The Morgan fingerprint density at radius 2 is 1.89 bits per heavy atom. The van der Waals surface area contributed by atoms with E-state index in [0.717, 1.165) is 23.1 Å². The van der Waals surface area contributed by atoms with Gasteiger partial charge in [0.05, 0.1) is 12.7 Å². The number of carbonyl (C=O) groups is 2. The number of halogens is 2. The molecular weight excluding hydrogens is 356 g/mol. The molecule has 1 aromatic heterocycles. The molecule has 1 N–H and O–H groups in total. The summed E-state index contributed by atoms with van der Waals surface area (Å²) in [6.45, 7) is 3.25. The van der Waals surface area contributed by atoms with Gasteiger partial charge in [0.15, 0.2) is 6.10 Å². The standard InChI is InChI=1S/C20H17F2NO4/c1-11-6-7-14-13(10-26-17(14)8-11)9-18(24)27-12(2)20(25)23-19-15(21)4-3-5-16(19)22/h3-8,10,12H,9H2,1-2H3,(H,23,25)/t12-/m1/s1. The summed E-state index contributed by atoms with van der Waals surface area (Å²) in [5.41, 5.74) is 1.72. The average Bonchev–Trinajstić information content (AvgIpc) is 2.99. The van der Waals surface area contributed by atoms with Crippen molar-refractivity contribution in [2.45, 2.75) is 26.4 Å². The molecule has 0 aliphatic heterocycles. The first kappa shape index (κ1) is 18.6. The Bertz CT molecular complexity index is 992. The average molecular weight is 373 g/mol. The molecule has 0 fully saturated rings. The van der Waals surface area contributed by atoms with Gasteiger partial charge in [0.1, 0.15) is 22.9 Å². The van der Waals surface area contributed by atoms with Crippen LogP contribution in [0.15, 0.2) is 47.1 Å². The first-order valence-electron chi connectivity index (χ1n) is 8.26. The quantitative estimate of drug-likeness (QED) is 0.683. The molecule has 0 bridgehead atoms. The first-order chi connectivity index (χ1) is 12.8. The summed E-state index contributed by atoms with van der Waals surface area (Å²) in [7, 11) is 0. The number of nitrogens with one attached hydrogen (secondary N) is 1. The Morgan fingerprint density at radius 1 is 1.19 bits per heavy atom. The van der Waals surface area contributed by atoms with Gasteiger partial charge in [-0.25, -0.2) is 8.78 Å². The molecule has 3 aromatic rings. The largest absolute Gasteiger partial charge is 0.464 e. The van der Waals surface area contributed by atoms with Crippen LogP contribution in [-0.2, 0) is 20.7 Å². The number of aryl methyl sites for hydroxylation is 1. The smallest absolute Gasteiger partial charge is 0.311 e. The maximum absolute atomic E-state index is 13.6. The number of rotatable bonds is 5. The molecule has 1 atom stereocenters. The van der Waals surface area contributed by atoms with Crippen LogP contribution in [-0.4, -0.2) is 18.0 Å². The lowest BCUT2D eigenvalue weighted by molar-refractivity contribution is -0.152. The van der Waals surface area contributed by atoms with E-state index in [9.17, 15) is 18.4 Å². The molecule has 3 rings (SSSR count). The van der Waals surface area contributed by atoms with Crippen LogP contribution in [0.3, 0.4) is 0 Å². The van der Waals surface area contributed by atoms with Gasteiger partial charge in [0.25, 0.3) is 5.91 Å². The zero-order valence-electron chi connectivity index (χ0n) is 14.7. The van der Waals surface area contributed by atoms with E-state index >= 15 is 0 Å². The second-order valence-electron chi connectivity index (χ2n) is 6.16. The number of carbonyl (C=O) groups excluding carboxylic acids is 2. The third-order valence-corrected chi connectivity index (χ3v) is 4.03. The van der Waals surface area contributed by atoms with Crippen LogP contribution < -0.4 is 5.32 Å². The van der Waals surface area contributed by atoms with E-state index in [0.29, 0.717) is 11.1 Å². The van der Waals surface area contributed by atoms with Crippen molar-refractivity contribution in [1.82, 2.24) is 0 Å². The number of benzene rings is 2. The molecule has 2 aromatic carbocycles. The minimum Gasteiger partial charge on any atom is -0.464 e. The number of para-hydroxylation sites is 1. The van der Waals surface area contributed by atoms with E-state index in [1.807, 2.05) is 25.1 Å². The van der Waals surface area contributed by atoms with Crippen molar-refractivity contribution >= 4 is 28.5 Å². The van der Waals surface area contributed by atoms with Crippen molar-refractivity contribution in [3.8, 4) is 0 Å². The fourth-order valence-electron chi connectivity index (χ4n) is 2.62. The van der Waals surface area contributed by atoms with Gasteiger partial charge in [-0.2, -0.15) is 0 Å². The predicted molar refractivity (Wildman–Crippen MR) is 95.2 cm³/mol. The second-order valence-corrected chi connectivity index (χ2v) is 6.16. The van der Waals surface area contributed by atoms with Crippen LogP contribution in [0.1, 0.15) is 18.1 Å². The third-order valence-electron chi connectivity index (χ3n) is 4.03. The molecule has 0 saturated carbocycles. The van der Waals surface area contributed by atoms with E-state index < -0.39 is 35.3 Å². The number of hydrogen-bond acceptors (Lipinski definition) is 4. The van der Waals surface area contributed by atoms with E-state index in [1.54, 1.807) is 0 Å². The summed E-state index contributed by atoms with van der Waals surface area (Å²) in [6, 6.07) is 8.80. The molecule has 140 valence electrons. The minimum atomic E-state index is -1.23. The molecule has 7 heteroatoms. The number of anilines is 1. The molecule has 0 aliphatic rings. The molecular formula is C20H17F2NO4. The fourth-order valence-corrected chi connectivity index (χ4v) is 2.62. The van der Waals surface area contributed by atoms with Crippen molar-refractivity contribution in [1.29, 1.82) is 0 Å². The first-order valence-corrected chi connectivity index (χ1v) is 8.26. The minimum absolute atomic E-state index is 0.0955. The number of hydrogen-bond donors (Lipinski definition) is 1. The highest BCUT2D eigenvalue weighted by Crippen LogP contribution is 2.23. The van der Waals surface area contributed by atoms with Crippen molar-refractivity contribution in [2.24, 2.45) is 0 Å². The maximum atomic E-state index is 13.6. The summed E-state index contributed by atoms with van der Waals surface area (Å²) >= 11 is 0. The van der Waals surface area contributed by atoms with Crippen LogP contribution in [0.25, 0.3) is 11.0 Å². The van der Waals surface area contributed by atoms with Crippen LogP contribution in [0.5, 0.6) is 0 Å². The van der Waals surface area contributed by atoms with Gasteiger partial charge in [0.2, 0.25) is 0 Å². The Morgan fingerprint density at radius 3 is 2.59 bits per heavy atom. The summed E-state index contributed by atoms with van der Waals surface area (Å²) < 4.78 is 37.7. The number of esters is 1. The number of fused-ring (bicyclic) bond motifs is 1. The highest BCUT2D eigenvalue weighted by molar-refractivity contribution is 5.95. The van der Waals surface area contributed by atoms with E-state index in [-0.39, 0.29) is 6.42 Å². The van der Waals surface area contributed by atoms with Crippen LogP contribution in [0.4, 0.5) is 14.5 Å². The molecule has 0 aliphatic carbocycles. The lowest BCUT2D eigenvalue weighted by Gasteiger charge is -2.14. The van der Waals surface area contributed by atoms with Gasteiger partial charge >= 0.3 is 5.97 Å². The highest BCUT2D eigenvalue weighted by Gasteiger charge is 2.21. The van der Waals surface area contributed by atoms with Crippen molar-refractivity contribution in [3.63, 3.8) is 0 Å². The van der Waals surface area contributed by atoms with Gasteiger partial charge in [-0.05, 0) is 37.6 Å². The monoisotopic (exact) mass is 373 g/mol. The molecule has 0 unspecified atom stereocenters. The Kier molecular flexibility index (Phi) is 5.21. The lowest BCUT2D eigenvalue weighted by atomic mass is 10.1. The number of ether oxygens (including phenoxy) is 1. The van der Waals surface area contributed by atoms with Crippen molar-refractivity contribution in [2.75, 3.05) is 5.32 Å². The number of amides is 1. The highest BCUT2D eigenvalue weighted by atomic mass is 19.1. The molecule has 5 nitrogen and oxygen atoms in total. The Hall–Kier alpha value is -3.22. The topological polar surface area (TPSA) is 68.5 Å². The van der Waals surface area contributed by atoms with Gasteiger partial charge in [-0.15, -0.1) is 0 Å². The fraction of sp³-hybridized carbons (Fsp3) is 0.200. The molecule has 0 spiro atoms. The maximum Gasteiger partial charge on any atom is 0.311 e. The van der Waals surface area contributed by atoms with Crippen LogP contribution in [0, 0.1) is 18.6 Å². The SMILES string of the molecule is Cc1ccc2c(CC(=O)O[C@H](C)C(=O)Nc3c(F)cccc3F)coc2c1. The van der Waals surface area contributed by atoms with Crippen LogP contribution >= 0.6 is 0 Å². The van der Waals surface area contributed by atoms with Crippen molar-refractivity contribution < 1.29 is 27.5 Å². The van der Waals surface area contributed by atoms with Gasteiger partial charge < -0.3 is 14.5 Å². The van der Waals surface area contributed by atoms with Gasteiger partial charge in [-0.3, -0.25) is 9.59 Å². The summed E-state index contributed by atoms with van der Waals surface area (Å²) in [6.07, 6.45) is 0.143. The predicted octanol–water partition coefficient (Wildman–Crippen LogP) is 4.13. The van der Waals surface area contributed by atoms with Gasteiger partial charge in [-0.1, -0.05) is 18.2 Å². The zero-order valence-corrected chi connectivity index (χ0v) is 14.7. The summed E-state index contributed by atoms with van der Waals surface area (Å²) in [4.78, 5) is 24.2. The van der Waals surface area contributed by atoms with Crippen LogP contribution in [0.2, 0.25) is 0 Å². The molecule has 0 radical (unpaired) electrons. The van der Waals surface area contributed by atoms with E-state index in [1.165, 1.54) is 19.3 Å². The Balaban J connectivity index is 1.63. The summed E-state index contributed by atoms with van der Waals surface area (Å²) in [5.74, 6) is -3.32. The summed E-state index contributed by atoms with van der Waals surface area (Å²) in [5, 5.41) is 2.87. The number of furan rings is 1. The van der Waals surface area contributed by atoms with Crippen molar-refractivity contribution in [3.05, 3.63) is 65.4 Å². The normalized spacial score (nSPS) is 12.0. The molecule has 1 heterocycles. The molecule has 0 saturated heterocycles. The molecule has 1 amide bonds. The van der Waals surface area contributed by atoms with Gasteiger partial charge in [0, 0.05) is 10.9 Å². The third kappa shape index (κ3) is 4.13. The zero-order chi connectivity index (χ0) is 19.6. The van der Waals surface area contributed by atoms with E-state index in [2.05, 4.69) is 5.32 Å². The second kappa shape index (κ2) is 7.57. The Labute approximate surface area is 153 Å². The molecule has 27 heavy (non-hydrogen) atoms.